The first-order valence-electron chi connectivity index (χ1n) is 5.79. The van der Waals surface area contributed by atoms with Crippen molar-refractivity contribution in [2.75, 3.05) is 12.8 Å². The van der Waals surface area contributed by atoms with Crippen LogP contribution in [0.5, 0.6) is 5.75 Å². The lowest BCUT2D eigenvalue weighted by molar-refractivity contribution is 0.411. The minimum absolute atomic E-state index is 0.794. The molecule has 2 aromatic carbocycles. The summed E-state index contributed by atoms with van der Waals surface area (Å²) in [4.78, 5) is 2.44. The minimum atomic E-state index is 0.794. The maximum atomic E-state index is 5.69. The summed E-state index contributed by atoms with van der Waals surface area (Å²) >= 11 is 1.75. The van der Waals surface area contributed by atoms with E-state index < -0.39 is 0 Å². The van der Waals surface area contributed by atoms with Crippen LogP contribution in [0.1, 0.15) is 11.1 Å². The third-order valence-corrected chi connectivity index (χ3v) is 3.97. The van der Waals surface area contributed by atoms with Crippen molar-refractivity contribution in [2.24, 2.45) is 0 Å². The van der Waals surface area contributed by atoms with Crippen LogP contribution in [-0.4, -0.2) is 7.11 Å². The van der Waals surface area contributed by atoms with Gasteiger partial charge >= 0.3 is 0 Å². The first-order valence-corrected chi connectivity index (χ1v) is 6.60. The van der Waals surface area contributed by atoms with Gasteiger partial charge < -0.3 is 10.5 Å². The van der Waals surface area contributed by atoms with Gasteiger partial charge in [0.15, 0.2) is 0 Å². The molecule has 0 saturated heterocycles. The van der Waals surface area contributed by atoms with E-state index in [1.165, 1.54) is 15.4 Å². The fraction of sp³-hybridized carbons (Fsp3) is 0.200. The van der Waals surface area contributed by atoms with Crippen molar-refractivity contribution in [3.8, 4) is 5.75 Å². The van der Waals surface area contributed by atoms with E-state index in [2.05, 4.69) is 26.0 Å². The highest BCUT2D eigenvalue weighted by Crippen LogP contribution is 2.34. The quantitative estimate of drug-likeness (QED) is 0.845. The summed E-state index contributed by atoms with van der Waals surface area (Å²) in [5.41, 5.74) is 8.85. The Morgan fingerprint density at radius 1 is 1.00 bits per heavy atom. The van der Waals surface area contributed by atoms with E-state index in [0.29, 0.717) is 0 Å². The number of aryl methyl sites for hydroxylation is 2. The molecule has 2 rings (SSSR count). The molecule has 0 atom stereocenters. The molecule has 0 radical (unpaired) electrons. The molecule has 0 aliphatic carbocycles. The number of hydrogen-bond acceptors (Lipinski definition) is 3. The number of nitrogens with two attached hydrogens (primary N) is 1. The summed E-state index contributed by atoms with van der Waals surface area (Å²) in [6, 6.07) is 12.2. The fourth-order valence-corrected chi connectivity index (χ4v) is 2.74. The molecule has 0 heterocycles. The molecule has 94 valence electrons. The highest BCUT2D eigenvalue weighted by Gasteiger charge is 2.06. The van der Waals surface area contributed by atoms with Crippen LogP contribution in [-0.2, 0) is 0 Å². The van der Waals surface area contributed by atoms with Gasteiger partial charge in [0.25, 0.3) is 0 Å². The lowest BCUT2D eigenvalue weighted by Crippen LogP contribution is -1.90. The predicted molar refractivity (Wildman–Crippen MR) is 77.4 cm³/mol. The van der Waals surface area contributed by atoms with E-state index in [4.69, 9.17) is 10.5 Å². The van der Waals surface area contributed by atoms with E-state index in [-0.39, 0.29) is 0 Å². The van der Waals surface area contributed by atoms with Crippen molar-refractivity contribution in [1.29, 1.82) is 0 Å². The highest BCUT2D eigenvalue weighted by molar-refractivity contribution is 7.99. The van der Waals surface area contributed by atoms with Crippen molar-refractivity contribution < 1.29 is 4.74 Å². The van der Waals surface area contributed by atoms with Crippen molar-refractivity contribution in [2.45, 2.75) is 23.6 Å². The second-order valence-electron chi connectivity index (χ2n) is 4.26. The molecule has 0 aliphatic heterocycles. The molecule has 0 unspecified atom stereocenters. The van der Waals surface area contributed by atoms with Gasteiger partial charge in [-0.3, -0.25) is 0 Å². The molecular formula is C15H17NOS. The maximum absolute atomic E-state index is 5.69. The summed E-state index contributed by atoms with van der Waals surface area (Å²) < 4.78 is 5.32. The second-order valence-corrected chi connectivity index (χ2v) is 5.37. The van der Waals surface area contributed by atoms with Crippen molar-refractivity contribution >= 4 is 17.4 Å². The van der Waals surface area contributed by atoms with Crippen molar-refractivity contribution in [3.63, 3.8) is 0 Å². The normalized spacial score (nSPS) is 10.4. The van der Waals surface area contributed by atoms with E-state index in [0.717, 1.165) is 17.0 Å². The van der Waals surface area contributed by atoms with Gasteiger partial charge in [-0.15, -0.1) is 0 Å². The van der Waals surface area contributed by atoms with Crippen LogP contribution >= 0.6 is 11.8 Å². The van der Waals surface area contributed by atoms with Crippen LogP contribution in [0.25, 0.3) is 0 Å². The molecule has 0 aromatic heterocycles. The topological polar surface area (TPSA) is 35.2 Å². The number of benzene rings is 2. The lowest BCUT2D eigenvalue weighted by atomic mass is 10.1. The monoisotopic (exact) mass is 259 g/mol. The Hall–Kier alpha value is -1.61. The zero-order chi connectivity index (χ0) is 13.1. The number of methoxy groups -OCH3 is 1. The summed E-state index contributed by atoms with van der Waals surface area (Å²) in [5.74, 6) is 0.939. The van der Waals surface area contributed by atoms with Gasteiger partial charge in [0, 0.05) is 15.5 Å². The molecule has 2 nitrogen and oxygen atoms in total. The second kappa shape index (κ2) is 5.36. The average molecular weight is 259 g/mol. The fourth-order valence-electron chi connectivity index (χ4n) is 1.76. The molecule has 0 aliphatic rings. The molecule has 0 saturated carbocycles. The van der Waals surface area contributed by atoms with E-state index in [1.807, 2.05) is 24.3 Å². The average Bonchev–Trinajstić information content (AvgIpc) is 2.36. The highest BCUT2D eigenvalue weighted by atomic mass is 32.2. The number of anilines is 1. The SMILES string of the molecule is COc1cc(C)c(Sc2ccc(N)cc2)cc1C. The van der Waals surface area contributed by atoms with Gasteiger partial charge in [-0.25, -0.2) is 0 Å². The number of ether oxygens (including phenoxy) is 1. The third kappa shape index (κ3) is 2.79. The Kier molecular flexibility index (Phi) is 3.82. The summed E-state index contributed by atoms with van der Waals surface area (Å²) in [5, 5.41) is 0. The number of nitrogen functional groups attached to an aromatic ring is 1. The zero-order valence-electron chi connectivity index (χ0n) is 10.9. The number of rotatable bonds is 3. The lowest BCUT2D eigenvalue weighted by Gasteiger charge is -2.11. The van der Waals surface area contributed by atoms with Gasteiger partial charge in [-0.2, -0.15) is 0 Å². The van der Waals surface area contributed by atoms with E-state index in [9.17, 15) is 0 Å². The van der Waals surface area contributed by atoms with Gasteiger partial charge in [-0.1, -0.05) is 11.8 Å². The van der Waals surface area contributed by atoms with Crippen LogP contribution in [0, 0.1) is 13.8 Å². The molecule has 2 N–H and O–H groups in total. The van der Waals surface area contributed by atoms with Crippen molar-refractivity contribution in [1.82, 2.24) is 0 Å². The standard InChI is InChI=1S/C15H17NOS/c1-10-9-15(11(2)8-14(10)17-3)18-13-6-4-12(16)5-7-13/h4-9H,16H2,1-3H3. The van der Waals surface area contributed by atoms with Crippen LogP contribution < -0.4 is 10.5 Å². The van der Waals surface area contributed by atoms with Crippen molar-refractivity contribution in [3.05, 3.63) is 47.5 Å². The summed E-state index contributed by atoms with van der Waals surface area (Å²) in [6.07, 6.45) is 0. The molecule has 0 fully saturated rings. The first kappa shape index (κ1) is 12.8. The molecule has 2 aromatic rings. The molecule has 18 heavy (non-hydrogen) atoms. The van der Waals surface area contributed by atoms with Crippen LogP contribution in [0.15, 0.2) is 46.2 Å². The Bertz CT molecular complexity index is 549. The number of hydrogen-bond donors (Lipinski definition) is 1. The predicted octanol–water partition coefficient (Wildman–Crippen LogP) is 4.05. The largest absolute Gasteiger partial charge is 0.496 e. The molecule has 3 heteroatoms. The Morgan fingerprint density at radius 3 is 2.28 bits per heavy atom. The molecule has 0 spiro atoms. The van der Waals surface area contributed by atoms with Crippen LogP contribution in [0.3, 0.4) is 0 Å². The minimum Gasteiger partial charge on any atom is -0.496 e. The maximum Gasteiger partial charge on any atom is 0.122 e. The molecule has 0 bridgehead atoms. The summed E-state index contributed by atoms with van der Waals surface area (Å²) in [6.45, 7) is 4.16. The summed E-state index contributed by atoms with van der Waals surface area (Å²) in [7, 11) is 1.70. The third-order valence-electron chi connectivity index (χ3n) is 2.80. The Labute approximate surface area is 112 Å². The van der Waals surface area contributed by atoms with Gasteiger partial charge in [-0.05, 0) is 61.4 Å². The Balaban J connectivity index is 2.29. The Morgan fingerprint density at radius 2 is 1.67 bits per heavy atom. The smallest absolute Gasteiger partial charge is 0.122 e. The zero-order valence-corrected chi connectivity index (χ0v) is 11.7. The van der Waals surface area contributed by atoms with Gasteiger partial charge in [0.1, 0.15) is 5.75 Å². The van der Waals surface area contributed by atoms with E-state index >= 15 is 0 Å². The first-order chi connectivity index (χ1) is 8.60. The van der Waals surface area contributed by atoms with E-state index in [1.54, 1.807) is 18.9 Å². The van der Waals surface area contributed by atoms with Crippen LogP contribution in [0.4, 0.5) is 5.69 Å². The van der Waals surface area contributed by atoms with Crippen LogP contribution in [0.2, 0.25) is 0 Å². The molecular weight excluding hydrogens is 242 g/mol. The van der Waals surface area contributed by atoms with Gasteiger partial charge in [0.2, 0.25) is 0 Å². The molecule has 0 amide bonds. The van der Waals surface area contributed by atoms with Gasteiger partial charge in [0.05, 0.1) is 7.11 Å².